The predicted molar refractivity (Wildman–Crippen MR) is 67.4 cm³/mol. The van der Waals surface area contributed by atoms with Crippen LogP contribution in [0.4, 0.5) is 5.82 Å². The average Bonchev–Trinajstić information content (AvgIpc) is 2.68. The molecule has 0 saturated heterocycles. The minimum atomic E-state index is 0.113. The molecule has 2 aromatic rings. The largest absolute Gasteiger partial charge is 0.464 e. The van der Waals surface area contributed by atoms with E-state index in [4.69, 9.17) is 4.42 Å². The van der Waals surface area contributed by atoms with Gasteiger partial charge >= 0.3 is 0 Å². The Bertz CT molecular complexity index is 464. The van der Waals surface area contributed by atoms with Gasteiger partial charge < -0.3 is 9.73 Å². The Morgan fingerprint density at radius 2 is 2.12 bits per heavy atom. The van der Waals surface area contributed by atoms with Crippen LogP contribution in [0.5, 0.6) is 0 Å². The summed E-state index contributed by atoms with van der Waals surface area (Å²) >= 11 is 3.35. The van der Waals surface area contributed by atoms with Crippen molar-refractivity contribution in [1.82, 2.24) is 4.98 Å². The molecule has 0 aromatic carbocycles. The second-order valence-corrected chi connectivity index (χ2v) is 4.59. The number of hydrogen-bond donors (Lipinski definition) is 1. The smallest absolute Gasteiger partial charge is 0.126 e. The molecule has 1 atom stereocenters. The number of furan rings is 1. The summed E-state index contributed by atoms with van der Waals surface area (Å²) in [7, 11) is 0. The Balaban J connectivity index is 2.07. The highest BCUT2D eigenvalue weighted by molar-refractivity contribution is 9.10. The van der Waals surface area contributed by atoms with Gasteiger partial charge in [-0.2, -0.15) is 0 Å². The predicted octanol–water partition coefficient (Wildman–Crippen LogP) is 3.92. The fraction of sp³-hybridized carbons (Fsp3) is 0.250. The van der Waals surface area contributed by atoms with Gasteiger partial charge in [0.05, 0.1) is 6.04 Å². The summed E-state index contributed by atoms with van der Waals surface area (Å²) < 4.78 is 6.51. The Kier molecular flexibility index (Phi) is 3.29. The number of nitrogens with one attached hydrogen (secondary N) is 1. The van der Waals surface area contributed by atoms with Crippen LogP contribution in [0.1, 0.15) is 24.5 Å². The highest BCUT2D eigenvalue weighted by Crippen LogP contribution is 2.20. The molecule has 1 N–H and O–H groups in total. The third-order valence-corrected chi connectivity index (χ3v) is 2.75. The molecule has 4 heteroatoms. The molecular formula is C12H13BrN2O. The van der Waals surface area contributed by atoms with Crippen molar-refractivity contribution in [3.05, 3.63) is 46.5 Å². The summed E-state index contributed by atoms with van der Waals surface area (Å²) in [6.45, 7) is 3.98. The number of pyridine rings is 1. The fourth-order valence-corrected chi connectivity index (χ4v) is 1.67. The van der Waals surface area contributed by atoms with E-state index in [0.717, 1.165) is 21.8 Å². The van der Waals surface area contributed by atoms with E-state index in [1.54, 1.807) is 6.20 Å². The summed E-state index contributed by atoms with van der Waals surface area (Å²) in [5, 5.41) is 3.27. The van der Waals surface area contributed by atoms with Crippen molar-refractivity contribution in [2.24, 2.45) is 0 Å². The minimum absolute atomic E-state index is 0.113. The minimum Gasteiger partial charge on any atom is -0.464 e. The van der Waals surface area contributed by atoms with E-state index in [9.17, 15) is 0 Å². The van der Waals surface area contributed by atoms with E-state index >= 15 is 0 Å². The second kappa shape index (κ2) is 4.70. The van der Waals surface area contributed by atoms with Crippen molar-refractivity contribution in [3.8, 4) is 0 Å². The zero-order chi connectivity index (χ0) is 11.5. The normalized spacial score (nSPS) is 12.4. The number of nitrogens with zero attached hydrogens (tertiary/aromatic N) is 1. The van der Waals surface area contributed by atoms with Crippen LogP contribution in [0.3, 0.4) is 0 Å². The molecule has 3 nitrogen and oxygen atoms in total. The second-order valence-electron chi connectivity index (χ2n) is 3.68. The first-order valence-electron chi connectivity index (χ1n) is 5.09. The van der Waals surface area contributed by atoms with Gasteiger partial charge in [0.25, 0.3) is 0 Å². The maximum atomic E-state index is 5.54. The van der Waals surface area contributed by atoms with Crippen LogP contribution >= 0.6 is 15.9 Å². The maximum absolute atomic E-state index is 5.54. The summed E-state index contributed by atoms with van der Waals surface area (Å²) in [5.41, 5.74) is 0. The number of aromatic nitrogens is 1. The van der Waals surface area contributed by atoms with E-state index < -0.39 is 0 Å². The van der Waals surface area contributed by atoms with E-state index in [-0.39, 0.29) is 6.04 Å². The zero-order valence-electron chi connectivity index (χ0n) is 9.20. The third-order valence-electron chi connectivity index (χ3n) is 2.28. The van der Waals surface area contributed by atoms with Crippen molar-refractivity contribution in [3.63, 3.8) is 0 Å². The monoisotopic (exact) mass is 280 g/mol. The summed E-state index contributed by atoms with van der Waals surface area (Å²) in [6.07, 6.45) is 1.77. The molecular weight excluding hydrogens is 268 g/mol. The van der Waals surface area contributed by atoms with Crippen LogP contribution < -0.4 is 5.32 Å². The average molecular weight is 281 g/mol. The van der Waals surface area contributed by atoms with Crippen molar-refractivity contribution in [2.45, 2.75) is 19.9 Å². The van der Waals surface area contributed by atoms with Gasteiger partial charge in [-0.3, -0.25) is 0 Å². The highest BCUT2D eigenvalue weighted by atomic mass is 79.9. The van der Waals surface area contributed by atoms with Gasteiger partial charge in [-0.25, -0.2) is 4.98 Å². The third kappa shape index (κ3) is 2.64. The van der Waals surface area contributed by atoms with Crippen LogP contribution in [-0.2, 0) is 0 Å². The quantitative estimate of drug-likeness (QED) is 0.926. The van der Waals surface area contributed by atoms with E-state index in [1.807, 2.05) is 38.1 Å². The molecule has 0 aliphatic rings. The van der Waals surface area contributed by atoms with E-state index in [2.05, 4.69) is 26.2 Å². The van der Waals surface area contributed by atoms with Crippen LogP contribution in [0.2, 0.25) is 0 Å². The molecule has 0 radical (unpaired) electrons. The molecule has 0 aliphatic heterocycles. The first kappa shape index (κ1) is 11.2. The summed E-state index contributed by atoms with van der Waals surface area (Å²) in [6, 6.07) is 7.93. The lowest BCUT2D eigenvalue weighted by Crippen LogP contribution is -2.06. The highest BCUT2D eigenvalue weighted by Gasteiger charge is 2.09. The molecule has 0 fully saturated rings. The molecule has 0 spiro atoms. The lowest BCUT2D eigenvalue weighted by Gasteiger charge is -2.11. The molecule has 2 aromatic heterocycles. The lowest BCUT2D eigenvalue weighted by molar-refractivity contribution is 0.466. The Morgan fingerprint density at radius 1 is 1.31 bits per heavy atom. The Labute approximate surface area is 103 Å². The molecule has 0 saturated carbocycles. The topological polar surface area (TPSA) is 38.1 Å². The Hall–Kier alpha value is -1.29. The number of aryl methyl sites for hydroxylation is 1. The van der Waals surface area contributed by atoms with Crippen LogP contribution in [0.15, 0.2) is 39.4 Å². The van der Waals surface area contributed by atoms with Crippen LogP contribution in [-0.4, -0.2) is 4.98 Å². The number of hydrogen-bond acceptors (Lipinski definition) is 3. The SMILES string of the molecule is Cc1ccc(C(C)Nc2ccc(Br)cn2)o1. The maximum Gasteiger partial charge on any atom is 0.126 e. The fourth-order valence-electron chi connectivity index (χ4n) is 1.44. The van der Waals surface area contributed by atoms with Crippen LogP contribution in [0, 0.1) is 6.92 Å². The molecule has 0 aliphatic carbocycles. The first-order valence-corrected chi connectivity index (χ1v) is 5.89. The number of halogens is 1. The standard InChI is InChI=1S/C12H13BrN2O/c1-8-3-5-11(16-8)9(2)15-12-6-4-10(13)7-14-12/h3-7,9H,1-2H3,(H,14,15). The van der Waals surface area contributed by atoms with Gasteiger partial charge in [0.2, 0.25) is 0 Å². The number of anilines is 1. The van der Waals surface area contributed by atoms with Crippen LogP contribution in [0.25, 0.3) is 0 Å². The van der Waals surface area contributed by atoms with Gasteiger partial charge in [0, 0.05) is 10.7 Å². The molecule has 2 rings (SSSR count). The van der Waals surface area contributed by atoms with Gasteiger partial charge in [-0.1, -0.05) is 0 Å². The molecule has 0 bridgehead atoms. The molecule has 2 heterocycles. The van der Waals surface area contributed by atoms with Gasteiger partial charge in [0.15, 0.2) is 0 Å². The van der Waals surface area contributed by atoms with Gasteiger partial charge in [-0.05, 0) is 54.0 Å². The van der Waals surface area contributed by atoms with Crippen molar-refractivity contribution in [2.75, 3.05) is 5.32 Å². The summed E-state index contributed by atoms with van der Waals surface area (Å²) in [5.74, 6) is 2.68. The molecule has 1 unspecified atom stereocenters. The Morgan fingerprint density at radius 3 is 2.69 bits per heavy atom. The molecule has 84 valence electrons. The van der Waals surface area contributed by atoms with Gasteiger partial charge in [0.1, 0.15) is 17.3 Å². The lowest BCUT2D eigenvalue weighted by atomic mass is 10.2. The van der Waals surface area contributed by atoms with Crippen molar-refractivity contribution in [1.29, 1.82) is 0 Å². The molecule has 0 amide bonds. The zero-order valence-corrected chi connectivity index (χ0v) is 10.8. The molecule has 16 heavy (non-hydrogen) atoms. The number of rotatable bonds is 3. The van der Waals surface area contributed by atoms with E-state index in [1.165, 1.54) is 0 Å². The van der Waals surface area contributed by atoms with E-state index in [0.29, 0.717) is 0 Å². The summed E-state index contributed by atoms with van der Waals surface area (Å²) in [4.78, 5) is 4.25. The first-order chi connectivity index (χ1) is 7.65. The van der Waals surface area contributed by atoms with Crippen molar-refractivity contribution >= 4 is 21.7 Å². The van der Waals surface area contributed by atoms with Gasteiger partial charge in [-0.15, -0.1) is 0 Å². The van der Waals surface area contributed by atoms with Crippen molar-refractivity contribution < 1.29 is 4.42 Å².